The van der Waals surface area contributed by atoms with Crippen molar-refractivity contribution in [2.45, 2.75) is 18.5 Å². The van der Waals surface area contributed by atoms with E-state index in [4.69, 9.17) is 0 Å². The van der Waals surface area contributed by atoms with Gasteiger partial charge in [0.15, 0.2) is 0 Å². The van der Waals surface area contributed by atoms with E-state index in [9.17, 15) is 22.8 Å². The first-order chi connectivity index (χ1) is 15.2. The van der Waals surface area contributed by atoms with Crippen molar-refractivity contribution in [3.05, 3.63) is 95.1 Å². The molecule has 1 aliphatic rings. The second kappa shape index (κ2) is 8.70. The highest BCUT2D eigenvalue weighted by Gasteiger charge is 2.34. The molecule has 0 radical (unpaired) electrons. The molecule has 1 fully saturated rings. The van der Waals surface area contributed by atoms with E-state index in [0.717, 1.165) is 28.9 Å². The van der Waals surface area contributed by atoms with Gasteiger partial charge in [-0.05, 0) is 60.5 Å². The van der Waals surface area contributed by atoms with Gasteiger partial charge >= 0.3 is 6.18 Å². The smallest absolute Gasteiger partial charge is 0.322 e. The maximum atomic E-state index is 13.0. The number of nitrogens with zero attached hydrogens (tertiary/aromatic N) is 1. The molecule has 164 valence electrons. The number of anilines is 2. The van der Waals surface area contributed by atoms with E-state index in [1.165, 1.54) is 23.9 Å². The van der Waals surface area contributed by atoms with E-state index in [0.29, 0.717) is 11.4 Å². The van der Waals surface area contributed by atoms with Crippen molar-refractivity contribution in [3.8, 4) is 0 Å². The summed E-state index contributed by atoms with van der Waals surface area (Å²) in [5.41, 5.74) is 2.11. The van der Waals surface area contributed by atoms with Crippen molar-refractivity contribution >= 4 is 35.0 Å². The summed E-state index contributed by atoms with van der Waals surface area (Å²) in [5, 5.41) is 2.39. The average Bonchev–Trinajstić information content (AvgIpc) is 3.15. The lowest BCUT2D eigenvalue weighted by molar-refractivity contribution is -0.137. The molecule has 0 spiro atoms. The van der Waals surface area contributed by atoms with Gasteiger partial charge in [-0.2, -0.15) is 13.2 Å². The molecule has 3 aromatic carbocycles. The highest BCUT2D eigenvalue weighted by atomic mass is 32.2. The third-order valence-corrected chi connectivity index (χ3v) is 6.24. The molecule has 1 saturated heterocycles. The molecule has 32 heavy (non-hydrogen) atoms. The van der Waals surface area contributed by atoms with Crippen molar-refractivity contribution in [2.24, 2.45) is 0 Å². The van der Waals surface area contributed by atoms with Crippen LogP contribution < -0.4 is 10.2 Å². The quantitative estimate of drug-likeness (QED) is 0.520. The largest absolute Gasteiger partial charge is 0.416 e. The first kappa shape index (κ1) is 22.0. The van der Waals surface area contributed by atoms with Crippen molar-refractivity contribution in [3.63, 3.8) is 0 Å². The number of hydrogen-bond acceptors (Lipinski definition) is 3. The number of rotatable bonds is 4. The summed E-state index contributed by atoms with van der Waals surface area (Å²) in [7, 11) is 0. The number of carbonyl (C=O) groups excluding carboxylic acids is 2. The van der Waals surface area contributed by atoms with Crippen LogP contribution >= 0.6 is 11.8 Å². The minimum atomic E-state index is -4.53. The van der Waals surface area contributed by atoms with Gasteiger partial charge in [0, 0.05) is 16.9 Å². The van der Waals surface area contributed by atoms with Gasteiger partial charge in [0.2, 0.25) is 5.91 Å². The van der Waals surface area contributed by atoms with E-state index in [1.54, 1.807) is 23.1 Å². The van der Waals surface area contributed by atoms with Gasteiger partial charge in [0.05, 0.1) is 11.3 Å². The zero-order valence-electron chi connectivity index (χ0n) is 17.0. The number of nitrogens with one attached hydrogen (secondary N) is 1. The molecule has 1 aliphatic heterocycles. The Morgan fingerprint density at radius 2 is 1.78 bits per heavy atom. The summed E-state index contributed by atoms with van der Waals surface area (Å²) in [4.78, 5) is 26.9. The molecule has 1 atom stereocenters. The van der Waals surface area contributed by atoms with E-state index in [1.807, 2.05) is 37.3 Å². The Morgan fingerprint density at radius 1 is 1.03 bits per heavy atom. The molecule has 1 heterocycles. The SMILES string of the molecule is Cc1cccc(N2C(=O)CS[C@@H]2c2cccc(NC(=O)c3cccc(C(F)(F)F)c3)c2)c1. The number of amides is 2. The average molecular weight is 456 g/mol. The first-order valence-electron chi connectivity index (χ1n) is 9.81. The number of alkyl halides is 3. The lowest BCUT2D eigenvalue weighted by Gasteiger charge is -2.25. The van der Waals surface area contributed by atoms with Crippen molar-refractivity contribution in [1.82, 2.24) is 0 Å². The summed E-state index contributed by atoms with van der Waals surface area (Å²) >= 11 is 1.48. The monoisotopic (exact) mass is 456 g/mol. The molecule has 8 heteroatoms. The predicted molar refractivity (Wildman–Crippen MR) is 120 cm³/mol. The topological polar surface area (TPSA) is 49.4 Å². The van der Waals surface area contributed by atoms with Crippen molar-refractivity contribution in [2.75, 3.05) is 16.0 Å². The minimum absolute atomic E-state index is 0.0102. The first-order valence-corrected chi connectivity index (χ1v) is 10.9. The van der Waals surface area contributed by atoms with Gasteiger partial charge in [0.1, 0.15) is 5.37 Å². The Hall–Kier alpha value is -3.26. The van der Waals surface area contributed by atoms with Gasteiger partial charge in [-0.25, -0.2) is 0 Å². The van der Waals surface area contributed by atoms with Crippen LogP contribution in [0.15, 0.2) is 72.8 Å². The minimum Gasteiger partial charge on any atom is -0.322 e. The molecule has 0 aromatic heterocycles. The molecular formula is C24H19F3N2O2S. The number of carbonyl (C=O) groups is 2. The Kier molecular flexibility index (Phi) is 5.97. The maximum absolute atomic E-state index is 13.0. The third-order valence-electron chi connectivity index (χ3n) is 5.03. The van der Waals surface area contributed by atoms with E-state index < -0.39 is 17.6 Å². The number of halogens is 3. The Morgan fingerprint density at radius 3 is 2.53 bits per heavy atom. The predicted octanol–water partition coefficient (Wildman–Crippen LogP) is 6.04. The lowest BCUT2D eigenvalue weighted by Crippen LogP contribution is -2.27. The van der Waals surface area contributed by atoms with Crippen LogP contribution in [0, 0.1) is 6.92 Å². The maximum Gasteiger partial charge on any atom is 0.416 e. The fraction of sp³-hybridized carbons (Fsp3) is 0.167. The molecule has 0 aliphatic carbocycles. The van der Waals surface area contributed by atoms with Crippen LogP contribution in [0.25, 0.3) is 0 Å². The van der Waals surface area contributed by atoms with Crippen LogP contribution in [0.4, 0.5) is 24.5 Å². The summed E-state index contributed by atoms with van der Waals surface area (Å²) < 4.78 is 38.9. The van der Waals surface area contributed by atoms with Gasteiger partial charge < -0.3 is 5.32 Å². The lowest BCUT2D eigenvalue weighted by atomic mass is 10.1. The highest BCUT2D eigenvalue weighted by Crippen LogP contribution is 2.42. The van der Waals surface area contributed by atoms with Crippen LogP contribution in [-0.2, 0) is 11.0 Å². The van der Waals surface area contributed by atoms with Gasteiger partial charge in [0.25, 0.3) is 5.91 Å². The molecule has 2 amide bonds. The Bertz CT molecular complexity index is 1180. The van der Waals surface area contributed by atoms with Crippen molar-refractivity contribution in [1.29, 1.82) is 0 Å². The Labute approximate surface area is 187 Å². The van der Waals surface area contributed by atoms with Crippen LogP contribution in [0.2, 0.25) is 0 Å². The van der Waals surface area contributed by atoms with Gasteiger partial charge in [-0.1, -0.05) is 30.3 Å². The summed E-state index contributed by atoms with van der Waals surface area (Å²) in [6, 6.07) is 19.0. The molecule has 0 bridgehead atoms. The molecule has 1 N–H and O–H groups in total. The van der Waals surface area contributed by atoms with Crippen molar-refractivity contribution < 1.29 is 22.8 Å². The molecule has 3 aromatic rings. The van der Waals surface area contributed by atoms with E-state index >= 15 is 0 Å². The number of benzene rings is 3. The number of hydrogen-bond donors (Lipinski definition) is 1. The third kappa shape index (κ3) is 4.65. The van der Waals surface area contributed by atoms with E-state index in [2.05, 4.69) is 5.32 Å². The summed E-state index contributed by atoms with van der Waals surface area (Å²) in [6.07, 6.45) is -4.53. The molecular weight excluding hydrogens is 437 g/mol. The van der Waals surface area contributed by atoms with Gasteiger partial charge in [-0.15, -0.1) is 11.8 Å². The number of aryl methyl sites for hydroxylation is 1. The molecule has 4 nitrogen and oxygen atoms in total. The summed E-state index contributed by atoms with van der Waals surface area (Å²) in [5.74, 6) is -0.317. The normalized spacial score (nSPS) is 16.3. The fourth-order valence-corrected chi connectivity index (χ4v) is 4.70. The second-order valence-corrected chi connectivity index (χ2v) is 8.49. The number of thioether (sulfide) groups is 1. The molecule has 4 rings (SSSR count). The Balaban J connectivity index is 1.57. The van der Waals surface area contributed by atoms with Gasteiger partial charge in [-0.3, -0.25) is 14.5 Å². The van der Waals surface area contributed by atoms with E-state index in [-0.39, 0.29) is 16.8 Å². The second-order valence-electron chi connectivity index (χ2n) is 7.42. The molecule has 0 unspecified atom stereocenters. The summed E-state index contributed by atoms with van der Waals surface area (Å²) in [6.45, 7) is 1.95. The fourth-order valence-electron chi connectivity index (χ4n) is 3.54. The standard InChI is InChI=1S/C24H19F3N2O2S/c1-15-5-2-10-20(11-15)29-21(30)14-32-23(29)17-7-4-9-19(13-17)28-22(31)16-6-3-8-18(12-16)24(25,26)27/h2-13,23H,14H2,1H3,(H,28,31)/t23-/m1/s1. The zero-order chi connectivity index (χ0) is 22.9. The highest BCUT2D eigenvalue weighted by molar-refractivity contribution is 8.00. The van der Waals surface area contributed by atoms with Crippen LogP contribution in [-0.4, -0.2) is 17.6 Å². The van der Waals surface area contributed by atoms with Crippen LogP contribution in [0.5, 0.6) is 0 Å². The van der Waals surface area contributed by atoms with Crippen LogP contribution in [0.1, 0.15) is 32.4 Å². The van der Waals surface area contributed by atoms with Crippen LogP contribution in [0.3, 0.4) is 0 Å². The zero-order valence-corrected chi connectivity index (χ0v) is 17.8. The molecule has 0 saturated carbocycles.